The maximum Gasteiger partial charge on any atom is 0.254 e. The number of nitrogens with two attached hydrogens (primary N) is 1. The molecular formula is C27H32FN3O2. The third kappa shape index (κ3) is 4.81. The molecule has 2 aromatic carbocycles. The number of hydrogen-bond acceptors (Lipinski definition) is 4. The molecule has 2 aliphatic rings. The molecule has 0 radical (unpaired) electrons. The third-order valence-corrected chi connectivity index (χ3v) is 6.49. The second kappa shape index (κ2) is 9.40. The number of amides is 1. The van der Waals surface area contributed by atoms with Crippen LogP contribution in [0.2, 0.25) is 0 Å². The van der Waals surface area contributed by atoms with Crippen LogP contribution in [0.15, 0.2) is 48.2 Å². The van der Waals surface area contributed by atoms with Crippen LogP contribution in [-0.2, 0) is 0 Å². The highest BCUT2D eigenvalue weighted by Gasteiger charge is 2.27. The van der Waals surface area contributed by atoms with Crippen molar-refractivity contribution >= 4 is 17.7 Å². The van der Waals surface area contributed by atoms with Gasteiger partial charge in [-0.25, -0.2) is 4.39 Å². The van der Waals surface area contributed by atoms with Gasteiger partial charge in [-0.15, -0.1) is 0 Å². The predicted molar refractivity (Wildman–Crippen MR) is 131 cm³/mol. The lowest BCUT2D eigenvalue weighted by molar-refractivity contribution is 0.0708. The van der Waals surface area contributed by atoms with Crippen molar-refractivity contribution in [2.24, 2.45) is 5.73 Å². The van der Waals surface area contributed by atoms with Crippen molar-refractivity contribution in [3.63, 3.8) is 0 Å². The Morgan fingerprint density at radius 3 is 2.76 bits per heavy atom. The largest absolute Gasteiger partial charge is 0.490 e. The molecule has 0 bridgehead atoms. The Balaban J connectivity index is 1.62. The molecule has 1 unspecified atom stereocenters. The molecule has 1 amide bonds. The quantitative estimate of drug-likeness (QED) is 0.680. The van der Waals surface area contributed by atoms with E-state index in [0.717, 1.165) is 53.0 Å². The highest BCUT2D eigenvalue weighted by Crippen LogP contribution is 2.39. The molecule has 174 valence electrons. The molecule has 0 spiro atoms. The number of carbonyl (C=O) groups is 1. The molecule has 0 aliphatic carbocycles. The van der Waals surface area contributed by atoms with Crippen LogP contribution in [0.1, 0.15) is 46.8 Å². The van der Waals surface area contributed by atoms with Gasteiger partial charge in [-0.3, -0.25) is 4.79 Å². The van der Waals surface area contributed by atoms with Crippen molar-refractivity contribution in [1.29, 1.82) is 0 Å². The third-order valence-electron chi connectivity index (χ3n) is 6.49. The Morgan fingerprint density at radius 2 is 2.00 bits per heavy atom. The molecule has 0 aromatic heterocycles. The number of aryl methyl sites for hydroxylation is 2. The van der Waals surface area contributed by atoms with Crippen molar-refractivity contribution in [2.75, 3.05) is 31.1 Å². The number of allylic oxidation sites excluding steroid dienone is 1. The lowest BCUT2D eigenvalue weighted by Crippen LogP contribution is -2.45. The zero-order valence-corrected chi connectivity index (χ0v) is 19.7. The molecule has 0 saturated carbocycles. The van der Waals surface area contributed by atoms with Crippen LogP contribution < -0.4 is 15.4 Å². The molecule has 1 saturated heterocycles. The van der Waals surface area contributed by atoms with Crippen molar-refractivity contribution in [2.45, 2.75) is 39.7 Å². The lowest BCUT2D eigenvalue weighted by atomic mass is 10.0. The first kappa shape index (κ1) is 23.1. The second-order valence-corrected chi connectivity index (χ2v) is 9.07. The van der Waals surface area contributed by atoms with Gasteiger partial charge in [-0.1, -0.05) is 12.6 Å². The minimum Gasteiger partial charge on any atom is -0.490 e. The fourth-order valence-electron chi connectivity index (χ4n) is 4.63. The first-order valence-electron chi connectivity index (χ1n) is 11.5. The minimum atomic E-state index is -0.260. The maximum absolute atomic E-state index is 13.7. The van der Waals surface area contributed by atoms with Crippen molar-refractivity contribution < 1.29 is 13.9 Å². The van der Waals surface area contributed by atoms with Crippen LogP contribution in [-0.4, -0.2) is 43.1 Å². The van der Waals surface area contributed by atoms with E-state index in [1.54, 1.807) is 6.07 Å². The van der Waals surface area contributed by atoms with Crippen molar-refractivity contribution in [3.05, 3.63) is 76.3 Å². The molecule has 2 aromatic rings. The average Bonchev–Trinajstić information content (AvgIpc) is 2.79. The number of ether oxygens (including phenoxy) is 1. The maximum atomic E-state index is 13.7. The Labute approximate surface area is 195 Å². The average molecular weight is 450 g/mol. The van der Waals surface area contributed by atoms with E-state index in [1.165, 1.54) is 12.1 Å². The number of benzene rings is 2. The molecule has 33 heavy (non-hydrogen) atoms. The lowest BCUT2D eigenvalue weighted by Gasteiger charge is -2.35. The predicted octanol–water partition coefficient (Wildman–Crippen LogP) is 4.82. The zero-order valence-electron chi connectivity index (χ0n) is 19.7. The van der Waals surface area contributed by atoms with E-state index in [-0.39, 0.29) is 17.8 Å². The number of nitrogens with zero attached hydrogens (tertiary/aromatic N) is 2. The van der Waals surface area contributed by atoms with E-state index in [2.05, 4.69) is 11.5 Å². The second-order valence-electron chi connectivity index (χ2n) is 9.07. The van der Waals surface area contributed by atoms with Crippen LogP contribution in [0, 0.1) is 19.7 Å². The minimum absolute atomic E-state index is 0.00624. The zero-order chi connectivity index (χ0) is 23.7. The van der Waals surface area contributed by atoms with E-state index in [4.69, 9.17) is 10.5 Å². The fraction of sp³-hybridized carbons (Fsp3) is 0.370. The topological polar surface area (TPSA) is 58.8 Å². The summed E-state index contributed by atoms with van der Waals surface area (Å²) in [6.45, 7) is 12.7. The summed E-state index contributed by atoms with van der Waals surface area (Å²) in [4.78, 5) is 17.1. The van der Waals surface area contributed by atoms with E-state index in [9.17, 15) is 9.18 Å². The van der Waals surface area contributed by atoms with Gasteiger partial charge in [-0.05, 0) is 86.2 Å². The summed E-state index contributed by atoms with van der Waals surface area (Å²) >= 11 is 0. The van der Waals surface area contributed by atoms with Gasteiger partial charge in [0.05, 0.1) is 12.2 Å². The van der Waals surface area contributed by atoms with E-state index in [1.807, 2.05) is 43.9 Å². The van der Waals surface area contributed by atoms with Crippen LogP contribution >= 0.6 is 0 Å². The van der Waals surface area contributed by atoms with Gasteiger partial charge < -0.3 is 20.3 Å². The van der Waals surface area contributed by atoms with Gasteiger partial charge >= 0.3 is 0 Å². The number of fused-ring (bicyclic) bond motifs is 1. The normalized spacial score (nSPS) is 18.6. The molecule has 1 atom stereocenters. The number of piperidine rings is 1. The van der Waals surface area contributed by atoms with E-state index < -0.39 is 0 Å². The van der Waals surface area contributed by atoms with Crippen LogP contribution in [0.4, 0.5) is 10.1 Å². The van der Waals surface area contributed by atoms with Crippen molar-refractivity contribution in [1.82, 2.24) is 4.90 Å². The number of anilines is 1. The molecule has 4 rings (SSSR count). The number of hydrogen-bond donors (Lipinski definition) is 1. The van der Waals surface area contributed by atoms with Crippen LogP contribution in [0.3, 0.4) is 0 Å². The Hall–Kier alpha value is -3.12. The summed E-state index contributed by atoms with van der Waals surface area (Å²) < 4.78 is 19.7. The molecule has 2 heterocycles. The molecule has 5 nitrogen and oxygen atoms in total. The van der Waals surface area contributed by atoms with Gasteiger partial charge in [0.2, 0.25) is 0 Å². The summed E-state index contributed by atoms with van der Waals surface area (Å²) in [6.07, 6.45) is 3.84. The standard InChI is InChI=1S/C27H32FN3O2/c1-17-7-8-23(28)14-21(17)12-18(2)20(4)31-10-11-33-25-15-22(13-19(3)26(25)31)27(32)30-9-5-6-24(29)16-30/h7-8,12-15,24H,4-6,9-11,16,29H2,1-3H3/b18-12+. The summed E-state index contributed by atoms with van der Waals surface area (Å²) in [7, 11) is 0. The number of carbonyl (C=O) groups excluding carboxylic acids is 1. The van der Waals surface area contributed by atoms with E-state index >= 15 is 0 Å². The Morgan fingerprint density at radius 1 is 1.21 bits per heavy atom. The summed E-state index contributed by atoms with van der Waals surface area (Å²) in [6, 6.07) is 8.57. The van der Waals surface area contributed by atoms with Gasteiger partial charge in [0.1, 0.15) is 18.2 Å². The summed E-state index contributed by atoms with van der Waals surface area (Å²) in [5.74, 6) is 0.416. The van der Waals surface area contributed by atoms with Crippen LogP contribution in [0.25, 0.3) is 6.08 Å². The highest BCUT2D eigenvalue weighted by molar-refractivity contribution is 5.96. The molecule has 6 heteroatoms. The molecular weight excluding hydrogens is 417 g/mol. The number of likely N-dealkylation sites (tertiary alicyclic amines) is 1. The SMILES string of the molecule is C=C(/C(C)=C/c1cc(F)ccc1C)N1CCOc2cc(C(=O)N3CCCC(N)C3)cc(C)c21. The van der Waals surface area contributed by atoms with Gasteiger partial charge in [-0.2, -0.15) is 0 Å². The van der Waals surface area contributed by atoms with Gasteiger partial charge in [0.15, 0.2) is 0 Å². The van der Waals surface area contributed by atoms with Gasteiger partial charge in [0, 0.05) is 30.4 Å². The highest BCUT2D eigenvalue weighted by atomic mass is 19.1. The van der Waals surface area contributed by atoms with E-state index in [0.29, 0.717) is 31.0 Å². The monoisotopic (exact) mass is 449 g/mol. The Bertz CT molecular complexity index is 1120. The first-order valence-corrected chi connectivity index (χ1v) is 11.5. The number of rotatable bonds is 4. The van der Waals surface area contributed by atoms with Crippen LogP contribution in [0.5, 0.6) is 5.75 Å². The van der Waals surface area contributed by atoms with Crippen molar-refractivity contribution in [3.8, 4) is 5.75 Å². The first-order chi connectivity index (χ1) is 15.7. The fourth-order valence-corrected chi connectivity index (χ4v) is 4.63. The molecule has 1 fully saturated rings. The van der Waals surface area contributed by atoms with Gasteiger partial charge in [0.25, 0.3) is 5.91 Å². The number of halogens is 1. The Kier molecular flexibility index (Phi) is 6.56. The summed E-state index contributed by atoms with van der Waals surface area (Å²) in [5.41, 5.74) is 12.2. The molecule has 2 aliphatic heterocycles. The molecule has 2 N–H and O–H groups in total. The summed E-state index contributed by atoms with van der Waals surface area (Å²) in [5, 5.41) is 0. The smallest absolute Gasteiger partial charge is 0.254 e.